The number of imide groups is 1. The van der Waals surface area contributed by atoms with Gasteiger partial charge in [-0.3, -0.25) is 14.5 Å². The molecule has 1 heterocycles. The second-order valence-corrected chi connectivity index (χ2v) is 4.86. The van der Waals surface area contributed by atoms with Crippen LogP contribution in [0.2, 0.25) is 0 Å². The number of carbonyl (C=O) groups excluding carboxylic acids is 2. The number of rotatable bonds is 1. The molecule has 1 aromatic carbocycles. The number of hydrogen-bond acceptors (Lipinski definition) is 2. The van der Waals surface area contributed by atoms with Gasteiger partial charge in [0.15, 0.2) is 0 Å². The fourth-order valence-electron chi connectivity index (χ4n) is 2.72. The smallest absolute Gasteiger partial charge is 0.236 e. The molecule has 2 amide bonds. The van der Waals surface area contributed by atoms with Crippen LogP contribution in [0, 0.1) is 20.8 Å². The lowest BCUT2D eigenvalue weighted by Gasteiger charge is -2.16. The SMILES string of the molecule is Cc1cc(C)c(C2CC(=O)N(C)C2=O)c(C)c1. The van der Waals surface area contributed by atoms with Crippen molar-refractivity contribution >= 4 is 11.8 Å². The first-order valence-electron chi connectivity index (χ1n) is 5.80. The van der Waals surface area contributed by atoms with Gasteiger partial charge in [-0.05, 0) is 37.5 Å². The fraction of sp³-hybridized carbons (Fsp3) is 0.429. The number of nitrogens with zero attached hydrogens (tertiary/aromatic N) is 1. The van der Waals surface area contributed by atoms with E-state index in [1.807, 2.05) is 20.8 Å². The molecule has 0 saturated carbocycles. The van der Waals surface area contributed by atoms with Crippen LogP contribution in [0.4, 0.5) is 0 Å². The van der Waals surface area contributed by atoms with Crippen molar-refractivity contribution in [1.82, 2.24) is 4.90 Å². The predicted molar refractivity (Wildman–Crippen MR) is 65.8 cm³/mol. The molecule has 17 heavy (non-hydrogen) atoms. The number of hydrogen-bond donors (Lipinski definition) is 0. The third-order valence-electron chi connectivity index (χ3n) is 3.47. The highest BCUT2D eigenvalue weighted by molar-refractivity contribution is 6.06. The van der Waals surface area contributed by atoms with Gasteiger partial charge in [0.25, 0.3) is 0 Å². The number of aryl methyl sites for hydroxylation is 3. The van der Waals surface area contributed by atoms with E-state index in [1.165, 1.54) is 10.5 Å². The summed E-state index contributed by atoms with van der Waals surface area (Å²) in [5.41, 5.74) is 4.42. The molecule has 0 N–H and O–H groups in total. The average Bonchev–Trinajstić information content (AvgIpc) is 2.45. The van der Waals surface area contributed by atoms with Gasteiger partial charge in [0.1, 0.15) is 0 Å². The molecule has 1 saturated heterocycles. The Kier molecular flexibility index (Phi) is 2.77. The van der Waals surface area contributed by atoms with Gasteiger partial charge in [0.2, 0.25) is 11.8 Å². The maximum absolute atomic E-state index is 12.0. The molecule has 1 aliphatic heterocycles. The largest absolute Gasteiger partial charge is 0.285 e. The van der Waals surface area contributed by atoms with Crippen LogP contribution in [0.3, 0.4) is 0 Å². The summed E-state index contributed by atoms with van der Waals surface area (Å²) in [4.78, 5) is 24.8. The Morgan fingerprint density at radius 3 is 2.06 bits per heavy atom. The predicted octanol–water partition coefficient (Wildman–Crippen LogP) is 2.08. The molecule has 0 spiro atoms. The van der Waals surface area contributed by atoms with Crippen LogP contribution in [0.25, 0.3) is 0 Å². The van der Waals surface area contributed by atoms with Crippen molar-refractivity contribution in [2.24, 2.45) is 0 Å². The summed E-state index contributed by atoms with van der Waals surface area (Å²) in [5, 5.41) is 0. The molecule has 1 aromatic rings. The molecule has 3 heteroatoms. The molecule has 1 aliphatic rings. The summed E-state index contributed by atoms with van der Waals surface area (Å²) >= 11 is 0. The van der Waals surface area contributed by atoms with Crippen molar-refractivity contribution in [1.29, 1.82) is 0 Å². The van der Waals surface area contributed by atoms with Crippen molar-refractivity contribution in [3.8, 4) is 0 Å². The minimum atomic E-state index is -0.284. The number of benzene rings is 1. The summed E-state index contributed by atoms with van der Waals surface area (Å²) in [7, 11) is 1.56. The van der Waals surface area contributed by atoms with E-state index in [0.717, 1.165) is 16.7 Å². The van der Waals surface area contributed by atoms with Gasteiger partial charge in [-0.1, -0.05) is 17.7 Å². The van der Waals surface area contributed by atoms with E-state index in [1.54, 1.807) is 7.05 Å². The molecule has 3 nitrogen and oxygen atoms in total. The van der Waals surface area contributed by atoms with Crippen molar-refractivity contribution in [2.75, 3.05) is 7.05 Å². The Labute approximate surface area is 101 Å². The Morgan fingerprint density at radius 2 is 1.65 bits per heavy atom. The van der Waals surface area contributed by atoms with Crippen LogP contribution in [0.1, 0.15) is 34.6 Å². The van der Waals surface area contributed by atoms with Crippen molar-refractivity contribution in [2.45, 2.75) is 33.1 Å². The monoisotopic (exact) mass is 231 g/mol. The molecule has 1 fully saturated rings. The normalized spacial score (nSPS) is 20.2. The molecule has 0 aromatic heterocycles. The molecule has 1 unspecified atom stereocenters. The van der Waals surface area contributed by atoms with E-state index < -0.39 is 0 Å². The van der Waals surface area contributed by atoms with Gasteiger partial charge < -0.3 is 0 Å². The number of carbonyl (C=O) groups is 2. The minimum Gasteiger partial charge on any atom is -0.285 e. The number of amides is 2. The van der Waals surface area contributed by atoms with Crippen LogP contribution >= 0.6 is 0 Å². The lowest BCUT2D eigenvalue weighted by atomic mass is 9.88. The van der Waals surface area contributed by atoms with Gasteiger partial charge in [-0.2, -0.15) is 0 Å². The van der Waals surface area contributed by atoms with E-state index in [9.17, 15) is 9.59 Å². The topological polar surface area (TPSA) is 37.4 Å². The van der Waals surface area contributed by atoms with Crippen LogP contribution in [0.5, 0.6) is 0 Å². The summed E-state index contributed by atoms with van der Waals surface area (Å²) in [6.07, 6.45) is 0.306. The first-order chi connectivity index (χ1) is 7.91. The van der Waals surface area contributed by atoms with Gasteiger partial charge >= 0.3 is 0 Å². The van der Waals surface area contributed by atoms with E-state index in [2.05, 4.69) is 12.1 Å². The summed E-state index contributed by atoms with van der Waals surface area (Å²) < 4.78 is 0. The van der Waals surface area contributed by atoms with Crippen molar-refractivity contribution < 1.29 is 9.59 Å². The minimum absolute atomic E-state index is 0.0787. The summed E-state index contributed by atoms with van der Waals surface area (Å²) in [6, 6.07) is 4.14. The zero-order chi connectivity index (χ0) is 12.7. The van der Waals surface area contributed by atoms with E-state index in [4.69, 9.17) is 0 Å². The molecule has 0 bridgehead atoms. The standard InChI is InChI=1S/C14H17NO2/c1-8-5-9(2)13(10(3)6-8)11-7-12(16)15(4)14(11)17/h5-6,11H,7H2,1-4H3. The third-order valence-corrected chi connectivity index (χ3v) is 3.47. The highest BCUT2D eigenvalue weighted by atomic mass is 16.2. The van der Waals surface area contributed by atoms with E-state index in [0.29, 0.717) is 6.42 Å². The molecule has 0 radical (unpaired) electrons. The number of likely N-dealkylation sites (tertiary alicyclic amines) is 1. The highest BCUT2D eigenvalue weighted by Crippen LogP contribution is 2.33. The van der Waals surface area contributed by atoms with E-state index in [-0.39, 0.29) is 17.7 Å². The lowest BCUT2D eigenvalue weighted by Crippen LogP contribution is -2.25. The third kappa shape index (κ3) is 1.86. The maximum Gasteiger partial charge on any atom is 0.236 e. The van der Waals surface area contributed by atoms with Gasteiger partial charge in [-0.25, -0.2) is 0 Å². The second kappa shape index (κ2) is 3.99. The molecule has 90 valence electrons. The Hall–Kier alpha value is -1.64. The Bertz CT molecular complexity index is 482. The highest BCUT2D eigenvalue weighted by Gasteiger charge is 2.38. The molecular formula is C14H17NO2. The quantitative estimate of drug-likeness (QED) is 0.694. The van der Waals surface area contributed by atoms with Crippen LogP contribution < -0.4 is 0 Å². The molecule has 2 rings (SSSR count). The molecular weight excluding hydrogens is 214 g/mol. The zero-order valence-electron chi connectivity index (χ0n) is 10.7. The second-order valence-electron chi connectivity index (χ2n) is 4.86. The molecule has 1 atom stereocenters. The maximum atomic E-state index is 12.0. The average molecular weight is 231 g/mol. The fourth-order valence-corrected chi connectivity index (χ4v) is 2.72. The van der Waals surface area contributed by atoms with Crippen molar-refractivity contribution in [3.05, 3.63) is 34.4 Å². The first kappa shape index (κ1) is 11.8. The Balaban J connectivity index is 2.49. The zero-order valence-corrected chi connectivity index (χ0v) is 10.7. The van der Waals surface area contributed by atoms with Crippen LogP contribution in [0.15, 0.2) is 12.1 Å². The van der Waals surface area contributed by atoms with Crippen LogP contribution in [-0.4, -0.2) is 23.8 Å². The summed E-state index contributed by atoms with van der Waals surface area (Å²) in [6.45, 7) is 6.05. The van der Waals surface area contributed by atoms with Crippen molar-refractivity contribution in [3.63, 3.8) is 0 Å². The lowest BCUT2D eigenvalue weighted by molar-refractivity contribution is -0.137. The number of likely N-dealkylation sites (N-methyl/N-ethyl adjacent to an activating group) is 1. The van der Waals surface area contributed by atoms with Gasteiger partial charge in [0, 0.05) is 13.5 Å². The summed E-state index contributed by atoms with van der Waals surface area (Å²) in [5.74, 6) is -0.447. The first-order valence-corrected chi connectivity index (χ1v) is 5.80. The van der Waals surface area contributed by atoms with Crippen LogP contribution in [-0.2, 0) is 9.59 Å². The van der Waals surface area contributed by atoms with Gasteiger partial charge in [0.05, 0.1) is 5.92 Å². The Morgan fingerprint density at radius 1 is 1.12 bits per heavy atom. The molecule has 0 aliphatic carbocycles. The van der Waals surface area contributed by atoms with E-state index >= 15 is 0 Å². The van der Waals surface area contributed by atoms with Gasteiger partial charge in [-0.15, -0.1) is 0 Å².